The van der Waals surface area contributed by atoms with Crippen LogP contribution in [0.25, 0.3) is 11.3 Å². The van der Waals surface area contributed by atoms with Crippen molar-refractivity contribution >= 4 is 32.2 Å². The number of thiazole rings is 1. The molecule has 31 heavy (non-hydrogen) atoms. The average molecular weight is 466 g/mol. The highest BCUT2D eigenvalue weighted by Crippen LogP contribution is 2.30. The van der Waals surface area contributed by atoms with E-state index in [-0.39, 0.29) is 23.7 Å². The van der Waals surface area contributed by atoms with Crippen LogP contribution in [-0.2, 0) is 10.0 Å². The van der Waals surface area contributed by atoms with Gasteiger partial charge in [-0.1, -0.05) is 6.07 Å². The molecular weight excluding hydrogens is 450 g/mol. The second-order valence-electron chi connectivity index (χ2n) is 6.82. The Labute approximate surface area is 180 Å². The first-order chi connectivity index (χ1) is 14.7. The van der Waals surface area contributed by atoms with Crippen molar-refractivity contribution in [1.82, 2.24) is 9.29 Å². The number of anilines is 1. The van der Waals surface area contributed by atoms with E-state index < -0.39 is 26.6 Å². The minimum atomic E-state index is -3.87. The van der Waals surface area contributed by atoms with Crippen molar-refractivity contribution in [3.63, 3.8) is 0 Å². The van der Waals surface area contributed by atoms with Crippen molar-refractivity contribution in [2.24, 2.45) is 0 Å². The van der Waals surface area contributed by atoms with Crippen LogP contribution in [0.15, 0.2) is 52.7 Å². The predicted molar refractivity (Wildman–Crippen MR) is 112 cm³/mol. The highest BCUT2D eigenvalue weighted by atomic mass is 32.2. The standard InChI is InChI=1S/C19H16F2N4O4S2/c20-14-8-13(9-15(21)10-14)18-12-30-19(22-18)23-4-6-24(7-5-23)31(28,29)17-3-1-2-16(11-17)25(26)27/h1-3,8-12H,4-7H2. The summed E-state index contributed by atoms with van der Waals surface area (Å²) in [5, 5.41) is 13.2. The molecule has 0 unspecified atom stereocenters. The Morgan fingerprint density at radius 1 is 1.03 bits per heavy atom. The molecule has 162 valence electrons. The summed E-state index contributed by atoms with van der Waals surface area (Å²) in [4.78, 5) is 16.5. The van der Waals surface area contributed by atoms with E-state index in [2.05, 4.69) is 4.98 Å². The van der Waals surface area contributed by atoms with Crippen LogP contribution >= 0.6 is 11.3 Å². The summed E-state index contributed by atoms with van der Waals surface area (Å²) in [5.41, 5.74) is 0.473. The van der Waals surface area contributed by atoms with Crippen LogP contribution in [0, 0.1) is 21.7 Å². The molecule has 12 heteroatoms. The monoisotopic (exact) mass is 466 g/mol. The van der Waals surface area contributed by atoms with Gasteiger partial charge in [0.05, 0.1) is 15.5 Å². The zero-order valence-electron chi connectivity index (χ0n) is 15.9. The summed E-state index contributed by atoms with van der Waals surface area (Å²) in [6.07, 6.45) is 0. The lowest BCUT2D eigenvalue weighted by Crippen LogP contribution is -2.48. The van der Waals surface area contributed by atoms with Gasteiger partial charge in [0.25, 0.3) is 5.69 Å². The molecule has 0 amide bonds. The quantitative estimate of drug-likeness (QED) is 0.422. The smallest absolute Gasteiger partial charge is 0.270 e. The highest BCUT2D eigenvalue weighted by Gasteiger charge is 2.30. The van der Waals surface area contributed by atoms with Gasteiger partial charge in [-0.15, -0.1) is 11.3 Å². The zero-order chi connectivity index (χ0) is 22.2. The first kappa shape index (κ1) is 21.3. The molecule has 8 nitrogen and oxygen atoms in total. The van der Waals surface area contributed by atoms with E-state index in [1.807, 2.05) is 4.90 Å². The Kier molecular flexibility index (Phi) is 5.69. The van der Waals surface area contributed by atoms with Gasteiger partial charge in [0.1, 0.15) is 11.6 Å². The van der Waals surface area contributed by atoms with Gasteiger partial charge in [-0.05, 0) is 18.2 Å². The number of halogens is 2. The third kappa shape index (κ3) is 4.40. The second-order valence-corrected chi connectivity index (χ2v) is 9.59. The van der Waals surface area contributed by atoms with Crippen LogP contribution in [0.5, 0.6) is 0 Å². The van der Waals surface area contributed by atoms with Crippen LogP contribution in [0.2, 0.25) is 0 Å². The molecule has 0 radical (unpaired) electrons. The predicted octanol–water partition coefficient (Wildman–Crippen LogP) is 3.51. The van der Waals surface area contributed by atoms with E-state index in [1.165, 1.54) is 46.0 Å². The van der Waals surface area contributed by atoms with E-state index in [1.54, 1.807) is 5.38 Å². The van der Waals surface area contributed by atoms with Crippen molar-refractivity contribution in [3.8, 4) is 11.3 Å². The fourth-order valence-corrected chi connectivity index (χ4v) is 5.62. The Morgan fingerprint density at radius 2 is 1.71 bits per heavy atom. The van der Waals surface area contributed by atoms with Crippen molar-refractivity contribution < 1.29 is 22.1 Å². The fraction of sp³-hybridized carbons (Fsp3) is 0.211. The SMILES string of the molecule is O=[N+]([O-])c1cccc(S(=O)(=O)N2CCN(c3nc(-c4cc(F)cc(F)c4)cs3)CC2)c1. The average Bonchev–Trinajstić information content (AvgIpc) is 3.24. The van der Waals surface area contributed by atoms with Gasteiger partial charge in [-0.2, -0.15) is 4.31 Å². The van der Waals surface area contributed by atoms with E-state index in [0.717, 1.165) is 12.1 Å². The minimum Gasteiger partial charge on any atom is -0.345 e. The summed E-state index contributed by atoms with van der Waals surface area (Å²) in [7, 11) is -3.87. The molecular formula is C19H16F2N4O4S2. The molecule has 1 aliphatic rings. The lowest BCUT2D eigenvalue weighted by atomic mass is 10.1. The topological polar surface area (TPSA) is 96.6 Å². The maximum atomic E-state index is 13.5. The number of sulfonamides is 1. The van der Waals surface area contributed by atoms with Gasteiger partial charge in [0, 0.05) is 55.3 Å². The number of nitro benzene ring substituents is 1. The third-order valence-corrected chi connectivity index (χ3v) is 7.62. The van der Waals surface area contributed by atoms with E-state index in [0.29, 0.717) is 29.5 Å². The van der Waals surface area contributed by atoms with Gasteiger partial charge >= 0.3 is 0 Å². The number of aromatic nitrogens is 1. The largest absolute Gasteiger partial charge is 0.345 e. The normalized spacial score (nSPS) is 15.2. The molecule has 0 aliphatic carbocycles. The minimum absolute atomic E-state index is 0.125. The van der Waals surface area contributed by atoms with Crippen molar-refractivity contribution in [2.75, 3.05) is 31.1 Å². The van der Waals surface area contributed by atoms with E-state index in [4.69, 9.17) is 0 Å². The van der Waals surface area contributed by atoms with Crippen molar-refractivity contribution in [3.05, 3.63) is 69.6 Å². The molecule has 1 fully saturated rings. The van der Waals surface area contributed by atoms with Gasteiger partial charge in [0.2, 0.25) is 10.0 Å². The summed E-state index contributed by atoms with van der Waals surface area (Å²) < 4.78 is 53.9. The van der Waals surface area contributed by atoms with Crippen molar-refractivity contribution in [1.29, 1.82) is 0 Å². The van der Waals surface area contributed by atoms with Crippen LogP contribution in [0.4, 0.5) is 19.6 Å². The molecule has 0 atom stereocenters. The molecule has 4 rings (SSSR count). The molecule has 0 bridgehead atoms. The first-order valence-electron chi connectivity index (χ1n) is 9.15. The van der Waals surface area contributed by atoms with Gasteiger partial charge in [-0.3, -0.25) is 10.1 Å². The van der Waals surface area contributed by atoms with Gasteiger partial charge < -0.3 is 4.90 Å². The zero-order valence-corrected chi connectivity index (χ0v) is 17.6. The number of rotatable bonds is 5. The number of hydrogen-bond donors (Lipinski definition) is 0. The second kappa shape index (κ2) is 8.29. The lowest BCUT2D eigenvalue weighted by Gasteiger charge is -2.33. The van der Waals surface area contributed by atoms with E-state index >= 15 is 0 Å². The van der Waals surface area contributed by atoms with Gasteiger partial charge in [0.15, 0.2) is 5.13 Å². The first-order valence-corrected chi connectivity index (χ1v) is 11.5. The number of nitrogens with zero attached hydrogens (tertiary/aromatic N) is 4. The number of hydrogen-bond acceptors (Lipinski definition) is 7. The summed E-state index contributed by atoms with van der Waals surface area (Å²) in [6, 6.07) is 8.15. The Hall–Kier alpha value is -2.96. The van der Waals surface area contributed by atoms with Crippen LogP contribution in [-0.4, -0.2) is 48.8 Å². The molecule has 1 aromatic heterocycles. The molecule has 0 saturated carbocycles. The Bertz CT molecular complexity index is 1220. The Morgan fingerprint density at radius 3 is 2.35 bits per heavy atom. The maximum Gasteiger partial charge on any atom is 0.270 e. The lowest BCUT2D eigenvalue weighted by molar-refractivity contribution is -0.385. The summed E-state index contributed by atoms with van der Waals surface area (Å²) >= 11 is 1.30. The molecule has 2 heterocycles. The molecule has 0 N–H and O–H groups in total. The number of nitro groups is 1. The third-order valence-electron chi connectivity index (χ3n) is 4.83. The van der Waals surface area contributed by atoms with Gasteiger partial charge in [-0.25, -0.2) is 22.2 Å². The molecule has 1 saturated heterocycles. The van der Waals surface area contributed by atoms with Crippen molar-refractivity contribution in [2.45, 2.75) is 4.90 Å². The van der Waals surface area contributed by atoms with Crippen LogP contribution in [0.3, 0.4) is 0 Å². The number of benzene rings is 2. The Balaban J connectivity index is 1.47. The highest BCUT2D eigenvalue weighted by molar-refractivity contribution is 7.89. The fourth-order valence-electron chi connectivity index (χ4n) is 3.27. The van der Waals surface area contributed by atoms with Crippen LogP contribution < -0.4 is 4.90 Å². The van der Waals surface area contributed by atoms with E-state index in [9.17, 15) is 27.3 Å². The number of non-ortho nitro benzene ring substituents is 1. The maximum absolute atomic E-state index is 13.5. The molecule has 3 aromatic rings. The molecule has 0 spiro atoms. The number of piperazine rings is 1. The summed E-state index contributed by atoms with van der Waals surface area (Å²) in [5.74, 6) is -1.38. The summed E-state index contributed by atoms with van der Waals surface area (Å²) in [6.45, 7) is 1.07. The van der Waals surface area contributed by atoms with Crippen LogP contribution in [0.1, 0.15) is 0 Å². The molecule has 2 aromatic carbocycles. The molecule has 1 aliphatic heterocycles.